The summed E-state index contributed by atoms with van der Waals surface area (Å²) in [6, 6.07) is 3.36. The molecule has 0 radical (unpaired) electrons. The smallest absolute Gasteiger partial charge is 0.411 e. The predicted octanol–water partition coefficient (Wildman–Crippen LogP) is 3.87. The van der Waals surface area contributed by atoms with Crippen molar-refractivity contribution in [2.75, 3.05) is 27.4 Å². The number of methoxy groups -OCH3 is 2. The topological polar surface area (TPSA) is 27.7 Å². The largest absolute Gasteiger partial charge is 0.493 e. The first-order valence-electron chi connectivity index (χ1n) is 5.79. The molecule has 0 amide bonds. The van der Waals surface area contributed by atoms with Crippen LogP contribution >= 0.6 is 11.6 Å². The Labute approximate surface area is 120 Å². The molecule has 0 saturated carbocycles. The molecule has 114 valence electrons. The van der Waals surface area contributed by atoms with E-state index in [9.17, 15) is 13.2 Å². The van der Waals surface area contributed by atoms with Crippen molar-refractivity contribution in [1.82, 2.24) is 0 Å². The van der Waals surface area contributed by atoms with E-state index in [1.807, 2.05) is 0 Å². The van der Waals surface area contributed by atoms with Crippen LogP contribution in [0, 0.1) is 6.92 Å². The van der Waals surface area contributed by atoms with Crippen LogP contribution < -0.4 is 9.47 Å². The third-order valence-corrected chi connectivity index (χ3v) is 3.00. The lowest BCUT2D eigenvalue weighted by molar-refractivity contribution is -0.173. The summed E-state index contributed by atoms with van der Waals surface area (Å²) in [7, 11) is 2.97. The lowest BCUT2D eigenvalue weighted by Crippen LogP contribution is -2.18. The van der Waals surface area contributed by atoms with Gasteiger partial charge in [-0.25, -0.2) is 0 Å². The highest BCUT2D eigenvalue weighted by Crippen LogP contribution is 2.35. The van der Waals surface area contributed by atoms with Gasteiger partial charge in [-0.15, -0.1) is 11.6 Å². The van der Waals surface area contributed by atoms with E-state index < -0.39 is 18.2 Å². The highest BCUT2D eigenvalue weighted by molar-refractivity contribution is 6.21. The summed E-state index contributed by atoms with van der Waals surface area (Å²) in [6.07, 6.45) is -4.36. The van der Waals surface area contributed by atoms with Crippen LogP contribution in [-0.2, 0) is 4.74 Å². The molecule has 0 N–H and O–H groups in total. The maximum absolute atomic E-state index is 12.0. The number of halogens is 4. The van der Waals surface area contributed by atoms with Crippen LogP contribution in [0.2, 0.25) is 0 Å². The van der Waals surface area contributed by atoms with Gasteiger partial charge in [-0.3, -0.25) is 0 Å². The van der Waals surface area contributed by atoms with Gasteiger partial charge in [-0.2, -0.15) is 13.2 Å². The summed E-state index contributed by atoms with van der Waals surface area (Å²) in [5.41, 5.74) is 1.43. The molecule has 1 unspecified atom stereocenters. The Morgan fingerprint density at radius 3 is 2.20 bits per heavy atom. The molecule has 1 aromatic rings. The first kappa shape index (κ1) is 16.9. The summed E-state index contributed by atoms with van der Waals surface area (Å²) >= 11 is 6.08. The van der Waals surface area contributed by atoms with Gasteiger partial charge in [0.15, 0.2) is 11.5 Å². The molecule has 0 saturated heterocycles. The van der Waals surface area contributed by atoms with E-state index in [4.69, 9.17) is 21.1 Å². The monoisotopic (exact) mass is 312 g/mol. The lowest BCUT2D eigenvalue weighted by Gasteiger charge is -2.17. The molecule has 1 rings (SSSR count). The SMILES string of the molecule is COc1cc(C)c(C(Cl)COCC(F)(F)F)cc1OC. The average Bonchev–Trinajstić information content (AvgIpc) is 2.36. The van der Waals surface area contributed by atoms with Crippen LogP contribution in [0.1, 0.15) is 16.5 Å². The minimum absolute atomic E-state index is 0.239. The molecule has 1 aromatic carbocycles. The Balaban J connectivity index is 2.79. The number of benzene rings is 1. The van der Waals surface area contributed by atoms with E-state index in [0.29, 0.717) is 17.1 Å². The number of hydrogen-bond acceptors (Lipinski definition) is 3. The van der Waals surface area contributed by atoms with Crippen LogP contribution in [0.25, 0.3) is 0 Å². The maximum atomic E-state index is 12.0. The van der Waals surface area contributed by atoms with Crippen LogP contribution in [-0.4, -0.2) is 33.6 Å². The summed E-state index contributed by atoms with van der Waals surface area (Å²) < 4.78 is 50.8. The van der Waals surface area contributed by atoms with Crippen molar-refractivity contribution in [2.24, 2.45) is 0 Å². The molecule has 0 fully saturated rings. The van der Waals surface area contributed by atoms with E-state index in [1.165, 1.54) is 14.2 Å². The molecular formula is C13H16ClF3O3. The van der Waals surface area contributed by atoms with Gasteiger partial charge < -0.3 is 14.2 Å². The standard InChI is InChI=1S/C13H16ClF3O3/c1-8-4-11(18-2)12(19-3)5-9(8)10(14)6-20-7-13(15,16)17/h4-5,10H,6-7H2,1-3H3. The molecule has 0 spiro atoms. The van der Waals surface area contributed by atoms with Crippen molar-refractivity contribution < 1.29 is 27.4 Å². The third kappa shape index (κ3) is 4.76. The molecule has 0 aliphatic rings. The Morgan fingerprint density at radius 2 is 1.70 bits per heavy atom. The molecule has 7 heteroatoms. The molecule has 0 heterocycles. The summed E-state index contributed by atoms with van der Waals surface area (Å²) in [6.45, 7) is 0.233. The zero-order chi connectivity index (χ0) is 15.3. The fourth-order valence-corrected chi connectivity index (χ4v) is 2.03. The van der Waals surface area contributed by atoms with Gasteiger partial charge in [0.05, 0.1) is 26.2 Å². The van der Waals surface area contributed by atoms with Gasteiger partial charge in [0.25, 0.3) is 0 Å². The molecular weight excluding hydrogens is 297 g/mol. The van der Waals surface area contributed by atoms with E-state index in [-0.39, 0.29) is 6.61 Å². The molecule has 0 bridgehead atoms. The normalized spacial score (nSPS) is 13.2. The summed E-state index contributed by atoms with van der Waals surface area (Å²) in [5, 5.41) is -0.697. The van der Waals surface area contributed by atoms with Crippen molar-refractivity contribution in [2.45, 2.75) is 18.5 Å². The first-order chi connectivity index (χ1) is 9.28. The van der Waals surface area contributed by atoms with Crippen molar-refractivity contribution in [3.63, 3.8) is 0 Å². The fourth-order valence-electron chi connectivity index (χ4n) is 1.70. The Hall–Kier alpha value is -1.14. The second-order valence-electron chi connectivity index (χ2n) is 4.16. The van der Waals surface area contributed by atoms with Crippen LogP contribution in [0.3, 0.4) is 0 Å². The predicted molar refractivity (Wildman–Crippen MR) is 69.8 cm³/mol. The van der Waals surface area contributed by atoms with Crippen LogP contribution in [0.4, 0.5) is 13.2 Å². The Bertz CT molecular complexity index is 449. The number of ether oxygens (including phenoxy) is 3. The van der Waals surface area contributed by atoms with Gasteiger partial charge in [-0.1, -0.05) is 0 Å². The van der Waals surface area contributed by atoms with Gasteiger partial charge >= 0.3 is 6.18 Å². The van der Waals surface area contributed by atoms with Crippen molar-refractivity contribution in [1.29, 1.82) is 0 Å². The minimum Gasteiger partial charge on any atom is -0.493 e. The van der Waals surface area contributed by atoms with Gasteiger partial charge in [-0.05, 0) is 30.2 Å². The highest BCUT2D eigenvalue weighted by atomic mass is 35.5. The molecule has 1 atom stereocenters. The van der Waals surface area contributed by atoms with Gasteiger partial charge in [0.2, 0.25) is 0 Å². The third-order valence-electron chi connectivity index (χ3n) is 2.64. The quantitative estimate of drug-likeness (QED) is 0.746. The average molecular weight is 313 g/mol. The zero-order valence-corrected chi connectivity index (χ0v) is 12.1. The molecule has 3 nitrogen and oxygen atoms in total. The summed E-state index contributed by atoms with van der Waals surface area (Å²) in [4.78, 5) is 0. The second-order valence-corrected chi connectivity index (χ2v) is 4.69. The first-order valence-corrected chi connectivity index (χ1v) is 6.23. The lowest BCUT2D eigenvalue weighted by atomic mass is 10.0. The maximum Gasteiger partial charge on any atom is 0.411 e. The minimum atomic E-state index is -4.36. The Morgan fingerprint density at radius 1 is 1.15 bits per heavy atom. The summed E-state index contributed by atoms with van der Waals surface area (Å²) in [5.74, 6) is 1.00. The number of aryl methyl sites for hydroxylation is 1. The van der Waals surface area contributed by atoms with E-state index >= 15 is 0 Å². The van der Waals surface area contributed by atoms with Gasteiger partial charge in [0.1, 0.15) is 6.61 Å². The zero-order valence-electron chi connectivity index (χ0n) is 11.4. The van der Waals surface area contributed by atoms with Crippen molar-refractivity contribution >= 4 is 11.6 Å². The van der Waals surface area contributed by atoms with Gasteiger partial charge in [0, 0.05) is 0 Å². The van der Waals surface area contributed by atoms with Crippen LogP contribution in [0.5, 0.6) is 11.5 Å². The Kier molecular flexibility index (Phi) is 5.95. The molecule has 0 aromatic heterocycles. The fraction of sp³-hybridized carbons (Fsp3) is 0.538. The van der Waals surface area contributed by atoms with E-state index in [1.54, 1.807) is 19.1 Å². The van der Waals surface area contributed by atoms with Crippen molar-refractivity contribution in [3.8, 4) is 11.5 Å². The number of hydrogen-bond donors (Lipinski definition) is 0. The number of alkyl halides is 4. The molecule has 0 aliphatic carbocycles. The molecule has 20 heavy (non-hydrogen) atoms. The van der Waals surface area contributed by atoms with Crippen LogP contribution in [0.15, 0.2) is 12.1 Å². The van der Waals surface area contributed by atoms with E-state index in [0.717, 1.165) is 5.56 Å². The van der Waals surface area contributed by atoms with E-state index in [2.05, 4.69) is 4.74 Å². The molecule has 0 aliphatic heterocycles. The second kappa shape index (κ2) is 7.04. The highest BCUT2D eigenvalue weighted by Gasteiger charge is 2.28. The number of rotatable bonds is 6. The van der Waals surface area contributed by atoms with Crippen molar-refractivity contribution in [3.05, 3.63) is 23.3 Å².